The van der Waals surface area contributed by atoms with Gasteiger partial charge in [0, 0.05) is 36.5 Å². The Kier molecular flexibility index (Phi) is 5.41. The van der Waals surface area contributed by atoms with Gasteiger partial charge in [0.05, 0.1) is 6.10 Å². The molecule has 0 unspecified atom stereocenters. The van der Waals surface area contributed by atoms with Crippen molar-refractivity contribution in [1.82, 2.24) is 4.31 Å². The van der Waals surface area contributed by atoms with E-state index in [-0.39, 0.29) is 25.1 Å². The van der Waals surface area contributed by atoms with Gasteiger partial charge >= 0.3 is 0 Å². The number of halogens is 4. The zero-order chi connectivity index (χ0) is 20.6. The van der Waals surface area contributed by atoms with Crippen LogP contribution in [0.5, 0.6) is 0 Å². The van der Waals surface area contributed by atoms with Crippen LogP contribution in [0.4, 0.5) is 23.2 Å². The van der Waals surface area contributed by atoms with Gasteiger partial charge in [0.1, 0.15) is 10.7 Å². The van der Waals surface area contributed by atoms with E-state index in [9.17, 15) is 35.9 Å². The quantitative estimate of drug-likeness (QED) is 0.589. The van der Waals surface area contributed by atoms with Crippen LogP contribution in [0, 0.1) is 23.3 Å². The van der Waals surface area contributed by atoms with Crippen LogP contribution >= 0.6 is 0 Å². The summed E-state index contributed by atoms with van der Waals surface area (Å²) in [6.07, 6.45) is -0.671. The normalized spacial score (nSPS) is 17.7. The molecule has 1 aliphatic rings. The number of nitrogens with zero attached hydrogens (tertiary/aromatic N) is 1. The molecule has 0 radical (unpaired) electrons. The van der Waals surface area contributed by atoms with E-state index < -0.39 is 55.9 Å². The van der Waals surface area contributed by atoms with E-state index in [2.05, 4.69) is 5.32 Å². The van der Waals surface area contributed by atoms with Gasteiger partial charge in [-0.15, -0.1) is 0 Å². The fourth-order valence-electron chi connectivity index (χ4n) is 2.74. The number of β-amino-alcohol motifs (C(OH)–C–C–N with tert-alkyl or cyclic N) is 1. The minimum Gasteiger partial charge on any atom is -0.392 e. The molecule has 1 atom stereocenters. The molecule has 1 saturated heterocycles. The first kappa shape index (κ1) is 20.2. The minimum atomic E-state index is -4.30. The Morgan fingerprint density at radius 1 is 1.07 bits per heavy atom. The van der Waals surface area contributed by atoms with Crippen molar-refractivity contribution in [3.8, 4) is 0 Å². The second-order valence-electron chi connectivity index (χ2n) is 6.16. The maximum absolute atomic E-state index is 14.1. The van der Waals surface area contributed by atoms with Gasteiger partial charge < -0.3 is 10.4 Å². The first-order chi connectivity index (χ1) is 13.1. The van der Waals surface area contributed by atoms with Crippen LogP contribution in [-0.2, 0) is 10.0 Å². The van der Waals surface area contributed by atoms with Gasteiger partial charge in [0.25, 0.3) is 5.91 Å². The molecular formula is C17H14F4N2O4S. The van der Waals surface area contributed by atoms with Crippen LogP contribution < -0.4 is 5.32 Å². The second-order valence-corrected chi connectivity index (χ2v) is 8.07. The van der Waals surface area contributed by atoms with E-state index >= 15 is 0 Å². The van der Waals surface area contributed by atoms with Gasteiger partial charge in [-0.25, -0.2) is 26.0 Å². The van der Waals surface area contributed by atoms with Gasteiger partial charge in [-0.05, 0) is 24.6 Å². The lowest BCUT2D eigenvalue weighted by Gasteiger charge is -2.17. The summed E-state index contributed by atoms with van der Waals surface area (Å²) in [6.45, 7) is -0.209. The fraction of sp³-hybridized carbons (Fsp3) is 0.235. The Labute approximate surface area is 157 Å². The number of rotatable bonds is 4. The highest BCUT2D eigenvalue weighted by Crippen LogP contribution is 2.25. The number of carbonyl (C=O) groups is 1. The molecule has 6 nitrogen and oxygen atoms in total. The van der Waals surface area contributed by atoms with Gasteiger partial charge in [-0.3, -0.25) is 4.79 Å². The van der Waals surface area contributed by atoms with E-state index in [0.29, 0.717) is 12.1 Å². The molecule has 2 aromatic carbocycles. The molecule has 1 amide bonds. The number of hydrogen-bond acceptors (Lipinski definition) is 4. The van der Waals surface area contributed by atoms with Crippen molar-refractivity contribution in [3.63, 3.8) is 0 Å². The first-order valence-electron chi connectivity index (χ1n) is 8.03. The zero-order valence-corrected chi connectivity index (χ0v) is 14.9. The molecule has 3 rings (SSSR count). The molecule has 0 aliphatic carbocycles. The smallest absolute Gasteiger partial charge is 0.255 e. The Morgan fingerprint density at radius 2 is 1.71 bits per heavy atom. The predicted molar refractivity (Wildman–Crippen MR) is 90.1 cm³/mol. The van der Waals surface area contributed by atoms with Crippen molar-refractivity contribution in [3.05, 3.63) is 59.2 Å². The third-order valence-corrected chi connectivity index (χ3v) is 6.06. The molecule has 28 heavy (non-hydrogen) atoms. The van der Waals surface area contributed by atoms with Crippen molar-refractivity contribution in [2.24, 2.45) is 0 Å². The van der Waals surface area contributed by atoms with Crippen molar-refractivity contribution in [1.29, 1.82) is 0 Å². The number of anilines is 1. The number of hydrogen-bond donors (Lipinski definition) is 2. The number of amides is 1. The van der Waals surface area contributed by atoms with Gasteiger partial charge in [-0.2, -0.15) is 4.31 Å². The van der Waals surface area contributed by atoms with Gasteiger partial charge in [0.2, 0.25) is 10.0 Å². The van der Waals surface area contributed by atoms with Crippen LogP contribution in [0.2, 0.25) is 0 Å². The molecule has 1 aliphatic heterocycles. The lowest BCUT2D eigenvalue weighted by Crippen LogP contribution is -2.30. The number of sulfonamides is 1. The van der Waals surface area contributed by atoms with Gasteiger partial charge in [-0.1, -0.05) is 0 Å². The molecule has 2 N–H and O–H groups in total. The zero-order valence-electron chi connectivity index (χ0n) is 14.1. The number of aliphatic hydroxyl groups is 1. The summed E-state index contributed by atoms with van der Waals surface area (Å²) in [5, 5.41) is 11.6. The molecule has 150 valence electrons. The Balaban J connectivity index is 1.90. The number of aliphatic hydroxyl groups excluding tert-OH is 1. The summed E-state index contributed by atoms with van der Waals surface area (Å²) in [6, 6.07) is 3.62. The van der Waals surface area contributed by atoms with Crippen LogP contribution in [0.1, 0.15) is 16.8 Å². The molecule has 0 saturated carbocycles. The van der Waals surface area contributed by atoms with Crippen LogP contribution in [-0.4, -0.2) is 42.9 Å². The number of nitrogens with one attached hydrogen (secondary N) is 1. The monoisotopic (exact) mass is 418 g/mol. The van der Waals surface area contributed by atoms with Crippen molar-refractivity contribution in [2.45, 2.75) is 17.4 Å². The molecule has 1 heterocycles. The summed E-state index contributed by atoms with van der Waals surface area (Å²) in [4.78, 5) is 11.5. The Bertz CT molecular complexity index is 1020. The summed E-state index contributed by atoms with van der Waals surface area (Å²) in [7, 11) is -4.30. The molecule has 2 aromatic rings. The average molecular weight is 418 g/mol. The topological polar surface area (TPSA) is 86.7 Å². The Hall–Kier alpha value is -2.50. The molecule has 0 bridgehead atoms. The van der Waals surface area contributed by atoms with Crippen LogP contribution in [0.3, 0.4) is 0 Å². The maximum Gasteiger partial charge on any atom is 0.255 e. The van der Waals surface area contributed by atoms with Crippen LogP contribution in [0.15, 0.2) is 35.2 Å². The molecule has 1 fully saturated rings. The van der Waals surface area contributed by atoms with Gasteiger partial charge in [0.15, 0.2) is 17.5 Å². The summed E-state index contributed by atoms with van der Waals surface area (Å²) in [5.41, 5.74) is -0.706. The van der Waals surface area contributed by atoms with E-state index in [1.54, 1.807) is 0 Å². The summed E-state index contributed by atoms with van der Waals surface area (Å²) in [5.74, 6) is -6.84. The Morgan fingerprint density at radius 3 is 2.29 bits per heavy atom. The van der Waals surface area contributed by atoms with Crippen molar-refractivity contribution in [2.75, 3.05) is 18.4 Å². The first-order valence-corrected chi connectivity index (χ1v) is 9.47. The second kappa shape index (κ2) is 7.49. The van der Waals surface area contributed by atoms with E-state index in [1.807, 2.05) is 0 Å². The summed E-state index contributed by atoms with van der Waals surface area (Å²) < 4.78 is 79.6. The number of benzene rings is 2. The minimum absolute atomic E-state index is 0.00645. The SMILES string of the molecule is O=C(Nc1cc(F)c(F)c(F)c1)c1ccc(F)c(S(=O)(=O)N2CC[C@H](O)C2)c1. The lowest BCUT2D eigenvalue weighted by molar-refractivity contribution is 0.102. The standard InChI is InChI=1S/C17H14F4N2O4S/c18-12-2-1-9(5-15(12)28(26,27)23-4-3-11(24)8-23)17(25)22-10-6-13(19)16(21)14(20)7-10/h1-2,5-7,11,24H,3-4,8H2,(H,22,25)/t11-/m0/s1. The highest BCUT2D eigenvalue weighted by atomic mass is 32.2. The van der Waals surface area contributed by atoms with Crippen molar-refractivity contribution >= 4 is 21.6 Å². The lowest BCUT2D eigenvalue weighted by atomic mass is 10.2. The fourth-order valence-corrected chi connectivity index (χ4v) is 4.32. The highest BCUT2D eigenvalue weighted by Gasteiger charge is 2.34. The van der Waals surface area contributed by atoms with Crippen LogP contribution in [0.25, 0.3) is 0 Å². The molecule has 11 heteroatoms. The van der Waals surface area contributed by atoms with E-state index in [4.69, 9.17) is 0 Å². The molecule has 0 aromatic heterocycles. The summed E-state index contributed by atoms with van der Waals surface area (Å²) >= 11 is 0. The molecule has 0 spiro atoms. The predicted octanol–water partition coefficient (Wildman–Crippen LogP) is 2.25. The molecular weight excluding hydrogens is 404 g/mol. The van der Waals surface area contributed by atoms with Crippen molar-refractivity contribution < 1.29 is 35.9 Å². The number of carbonyl (C=O) groups excluding carboxylic acids is 1. The van der Waals surface area contributed by atoms with E-state index in [0.717, 1.165) is 22.5 Å². The van der Waals surface area contributed by atoms with E-state index in [1.165, 1.54) is 0 Å². The third kappa shape index (κ3) is 3.86. The average Bonchev–Trinajstić information content (AvgIpc) is 3.07. The third-order valence-electron chi connectivity index (χ3n) is 4.18. The highest BCUT2D eigenvalue weighted by molar-refractivity contribution is 7.89. The maximum atomic E-state index is 14.1. The largest absolute Gasteiger partial charge is 0.392 e.